The van der Waals surface area contributed by atoms with Crippen LogP contribution in [0.3, 0.4) is 0 Å². The fourth-order valence-electron chi connectivity index (χ4n) is 2.22. The lowest BCUT2D eigenvalue weighted by Crippen LogP contribution is -2.00. The molecule has 0 atom stereocenters. The van der Waals surface area contributed by atoms with Crippen LogP contribution in [-0.2, 0) is 6.42 Å². The Morgan fingerprint density at radius 1 is 1.29 bits per heavy atom. The molecule has 2 aromatic carbocycles. The third-order valence-electron chi connectivity index (χ3n) is 3.20. The van der Waals surface area contributed by atoms with Gasteiger partial charge in [0.05, 0.1) is 28.0 Å². The molecule has 4 nitrogen and oxygen atoms in total. The molecule has 0 aliphatic carbocycles. The molecule has 3 aromatic rings. The summed E-state index contributed by atoms with van der Waals surface area (Å²) in [6.45, 7) is 0. The number of hydrogen-bond acceptors (Lipinski definition) is 3. The first-order valence-electron chi connectivity index (χ1n) is 6.19. The van der Waals surface area contributed by atoms with E-state index in [1.807, 2.05) is 24.3 Å². The van der Waals surface area contributed by atoms with E-state index in [0.29, 0.717) is 21.9 Å². The van der Waals surface area contributed by atoms with Gasteiger partial charge in [-0.2, -0.15) is 5.26 Å². The third-order valence-corrected chi connectivity index (χ3v) is 3.81. The highest BCUT2D eigenvalue weighted by Crippen LogP contribution is 2.27. The molecule has 0 bridgehead atoms. The lowest BCUT2D eigenvalue weighted by atomic mass is 10.1. The summed E-state index contributed by atoms with van der Waals surface area (Å²) in [7, 11) is 0. The second kappa shape index (κ2) is 5.19. The van der Waals surface area contributed by atoms with Crippen LogP contribution < -0.4 is 5.73 Å². The molecule has 1 heterocycles. The molecule has 6 heteroatoms. The number of halogens is 2. The summed E-state index contributed by atoms with van der Waals surface area (Å²) in [4.78, 5) is 4.24. The zero-order chi connectivity index (χ0) is 15.0. The topological polar surface area (TPSA) is 67.6 Å². The van der Waals surface area contributed by atoms with Crippen LogP contribution in [0.15, 0.2) is 40.9 Å². The molecule has 0 saturated carbocycles. The lowest BCUT2D eigenvalue weighted by molar-refractivity contribution is 0.622. The van der Waals surface area contributed by atoms with Crippen molar-refractivity contribution in [1.29, 1.82) is 5.26 Å². The summed E-state index contributed by atoms with van der Waals surface area (Å²) >= 11 is 3.14. The Balaban J connectivity index is 2.17. The summed E-state index contributed by atoms with van der Waals surface area (Å²) in [6.07, 6.45) is 0.349. The fourth-order valence-corrected chi connectivity index (χ4v) is 2.55. The Labute approximate surface area is 128 Å². The summed E-state index contributed by atoms with van der Waals surface area (Å²) in [5.41, 5.74) is 8.85. The minimum atomic E-state index is -0.371. The van der Waals surface area contributed by atoms with Gasteiger partial charge in [-0.25, -0.2) is 9.37 Å². The van der Waals surface area contributed by atoms with Crippen molar-refractivity contribution in [1.82, 2.24) is 9.55 Å². The van der Waals surface area contributed by atoms with Crippen LogP contribution in [0, 0.1) is 17.1 Å². The van der Waals surface area contributed by atoms with Crippen molar-refractivity contribution < 1.29 is 4.39 Å². The molecule has 21 heavy (non-hydrogen) atoms. The largest absolute Gasteiger partial charge is 0.369 e. The molecule has 104 valence electrons. The second-order valence-corrected chi connectivity index (χ2v) is 5.42. The standard InChI is InChI=1S/C15H10BrFN4/c16-11-7-13-14(8-12(11)17)21(15(19)20-13)10-3-1-9(2-4-10)5-6-18/h1-4,7-8H,5H2,(H2,19,20). The molecule has 1 aromatic heterocycles. The molecular weight excluding hydrogens is 335 g/mol. The number of nitrogens with zero attached hydrogens (tertiary/aromatic N) is 3. The van der Waals surface area contributed by atoms with Gasteiger partial charge >= 0.3 is 0 Å². The Morgan fingerprint density at radius 2 is 2.00 bits per heavy atom. The minimum absolute atomic E-state index is 0.288. The van der Waals surface area contributed by atoms with Crippen LogP contribution in [0.5, 0.6) is 0 Å². The second-order valence-electron chi connectivity index (χ2n) is 4.56. The van der Waals surface area contributed by atoms with E-state index in [1.165, 1.54) is 6.07 Å². The highest BCUT2D eigenvalue weighted by molar-refractivity contribution is 9.10. The fraction of sp³-hybridized carbons (Fsp3) is 0.0667. The van der Waals surface area contributed by atoms with Crippen molar-refractivity contribution >= 4 is 32.9 Å². The average Bonchev–Trinajstić information content (AvgIpc) is 2.76. The van der Waals surface area contributed by atoms with Crippen molar-refractivity contribution in [3.63, 3.8) is 0 Å². The SMILES string of the molecule is N#CCc1ccc(-n2c(N)nc3cc(Br)c(F)cc32)cc1. The van der Waals surface area contributed by atoms with Crippen LogP contribution >= 0.6 is 15.9 Å². The first-order chi connectivity index (χ1) is 10.1. The molecule has 2 N–H and O–H groups in total. The van der Waals surface area contributed by atoms with Gasteiger partial charge in [0.15, 0.2) is 0 Å². The Bertz CT molecular complexity index is 862. The molecule has 0 saturated heterocycles. The van der Waals surface area contributed by atoms with Crippen molar-refractivity contribution in [2.24, 2.45) is 0 Å². The monoisotopic (exact) mass is 344 g/mol. The molecule has 0 fully saturated rings. The third kappa shape index (κ3) is 2.36. The number of hydrogen-bond donors (Lipinski definition) is 1. The van der Waals surface area contributed by atoms with E-state index in [2.05, 4.69) is 27.0 Å². The van der Waals surface area contributed by atoms with Gasteiger partial charge in [-0.3, -0.25) is 4.57 Å². The number of benzene rings is 2. The maximum atomic E-state index is 13.8. The molecule has 0 radical (unpaired) electrons. The number of imidazole rings is 1. The number of anilines is 1. The van der Waals surface area contributed by atoms with E-state index in [9.17, 15) is 4.39 Å². The van der Waals surface area contributed by atoms with E-state index in [1.54, 1.807) is 10.6 Å². The zero-order valence-corrected chi connectivity index (χ0v) is 12.4. The van der Waals surface area contributed by atoms with Crippen LogP contribution in [-0.4, -0.2) is 9.55 Å². The summed E-state index contributed by atoms with van der Waals surface area (Å²) in [6, 6.07) is 12.5. The quantitative estimate of drug-likeness (QED) is 0.772. The predicted molar refractivity (Wildman–Crippen MR) is 82.5 cm³/mol. The maximum Gasteiger partial charge on any atom is 0.205 e. The number of fused-ring (bicyclic) bond motifs is 1. The van der Waals surface area contributed by atoms with Crippen molar-refractivity contribution in [3.05, 3.63) is 52.3 Å². The maximum absolute atomic E-state index is 13.8. The summed E-state index contributed by atoms with van der Waals surface area (Å²) in [5.74, 6) is -0.0831. The molecule has 0 aliphatic heterocycles. The number of aromatic nitrogens is 2. The number of nitriles is 1. The molecule has 3 rings (SSSR count). The predicted octanol–water partition coefficient (Wildman–Crippen LogP) is 3.58. The molecule has 0 aliphatic rings. The summed E-state index contributed by atoms with van der Waals surface area (Å²) < 4.78 is 15.8. The van der Waals surface area contributed by atoms with E-state index in [-0.39, 0.29) is 11.8 Å². The van der Waals surface area contributed by atoms with Crippen LogP contribution in [0.25, 0.3) is 16.7 Å². The lowest BCUT2D eigenvalue weighted by Gasteiger charge is -2.07. The van der Waals surface area contributed by atoms with Crippen molar-refractivity contribution in [2.75, 3.05) is 5.73 Å². The molecule has 0 amide bonds. The number of nitrogen functional groups attached to an aromatic ring is 1. The number of rotatable bonds is 2. The minimum Gasteiger partial charge on any atom is -0.369 e. The van der Waals surface area contributed by atoms with Gasteiger partial charge in [-0.15, -0.1) is 0 Å². The van der Waals surface area contributed by atoms with E-state index in [4.69, 9.17) is 11.0 Å². The zero-order valence-electron chi connectivity index (χ0n) is 10.8. The molecule has 0 unspecified atom stereocenters. The van der Waals surface area contributed by atoms with Gasteiger partial charge in [0.2, 0.25) is 5.95 Å². The van der Waals surface area contributed by atoms with E-state index in [0.717, 1.165) is 11.3 Å². The van der Waals surface area contributed by atoms with Crippen LogP contribution in [0.1, 0.15) is 5.56 Å². The highest BCUT2D eigenvalue weighted by atomic mass is 79.9. The Kier molecular flexibility index (Phi) is 3.35. The van der Waals surface area contributed by atoms with Gasteiger partial charge in [-0.05, 0) is 39.7 Å². The van der Waals surface area contributed by atoms with Crippen LogP contribution in [0.2, 0.25) is 0 Å². The average molecular weight is 345 g/mol. The first-order valence-corrected chi connectivity index (χ1v) is 6.98. The first kappa shape index (κ1) is 13.6. The molecule has 0 spiro atoms. The van der Waals surface area contributed by atoms with Gasteiger partial charge in [0, 0.05) is 11.8 Å². The van der Waals surface area contributed by atoms with E-state index >= 15 is 0 Å². The van der Waals surface area contributed by atoms with Gasteiger partial charge in [0.25, 0.3) is 0 Å². The summed E-state index contributed by atoms with van der Waals surface area (Å²) in [5, 5.41) is 8.68. The van der Waals surface area contributed by atoms with Crippen molar-refractivity contribution in [2.45, 2.75) is 6.42 Å². The Hall–Kier alpha value is -2.39. The van der Waals surface area contributed by atoms with Gasteiger partial charge in [-0.1, -0.05) is 12.1 Å². The number of nitrogens with two attached hydrogens (primary N) is 1. The molecular formula is C15H10BrFN4. The van der Waals surface area contributed by atoms with Crippen molar-refractivity contribution in [3.8, 4) is 11.8 Å². The van der Waals surface area contributed by atoms with Gasteiger partial charge < -0.3 is 5.73 Å². The van der Waals surface area contributed by atoms with Crippen LogP contribution in [0.4, 0.5) is 10.3 Å². The smallest absolute Gasteiger partial charge is 0.205 e. The van der Waals surface area contributed by atoms with Gasteiger partial charge in [0.1, 0.15) is 5.82 Å². The highest BCUT2D eigenvalue weighted by Gasteiger charge is 2.13. The normalized spacial score (nSPS) is 10.7. The Morgan fingerprint density at radius 3 is 2.67 bits per heavy atom. The van der Waals surface area contributed by atoms with E-state index < -0.39 is 0 Å².